The number of hydrogen-bond acceptors (Lipinski definition) is 5. The lowest BCUT2D eigenvalue weighted by Crippen LogP contribution is -2.27. The van der Waals surface area contributed by atoms with Crippen molar-refractivity contribution in [2.24, 2.45) is 0 Å². The number of nitrogens with zero attached hydrogens (tertiary/aromatic N) is 4. The smallest absolute Gasteiger partial charge is 0.259 e. The number of nitriles is 1. The van der Waals surface area contributed by atoms with Crippen molar-refractivity contribution in [3.05, 3.63) is 41.2 Å². The van der Waals surface area contributed by atoms with E-state index in [1.807, 2.05) is 18.5 Å². The van der Waals surface area contributed by atoms with Crippen molar-refractivity contribution in [2.45, 2.75) is 39.7 Å². The van der Waals surface area contributed by atoms with Gasteiger partial charge in [-0.15, -0.1) is 0 Å². The minimum Gasteiger partial charge on any atom is -0.484 e. The van der Waals surface area contributed by atoms with Crippen LogP contribution in [-0.4, -0.2) is 47.2 Å². The molecule has 1 N–H and O–H groups in total. The van der Waals surface area contributed by atoms with Gasteiger partial charge in [0.1, 0.15) is 5.75 Å². The zero-order valence-corrected chi connectivity index (χ0v) is 17.4. The average Bonchev–Trinajstić information content (AvgIpc) is 2.96. The Balaban J connectivity index is 1.86. The lowest BCUT2D eigenvalue weighted by molar-refractivity contribution is -0.130. The highest BCUT2D eigenvalue weighted by Crippen LogP contribution is 2.18. The lowest BCUT2D eigenvalue weighted by atomic mass is 10.1. The summed E-state index contributed by atoms with van der Waals surface area (Å²) >= 11 is 0. The third-order valence-corrected chi connectivity index (χ3v) is 4.57. The first kappa shape index (κ1) is 22.0. The molecule has 1 heterocycles. The van der Waals surface area contributed by atoms with Crippen LogP contribution in [0, 0.1) is 25.2 Å². The first-order valence-corrected chi connectivity index (χ1v) is 9.44. The van der Waals surface area contributed by atoms with Crippen LogP contribution < -0.4 is 10.1 Å². The van der Waals surface area contributed by atoms with Crippen LogP contribution >= 0.6 is 0 Å². The number of carbonyl (C=O) groups is 2. The van der Waals surface area contributed by atoms with Gasteiger partial charge in [0.2, 0.25) is 5.91 Å². The Morgan fingerprint density at radius 3 is 2.55 bits per heavy atom. The van der Waals surface area contributed by atoms with E-state index in [0.29, 0.717) is 37.2 Å². The molecule has 8 heteroatoms. The fourth-order valence-corrected chi connectivity index (χ4v) is 2.84. The number of rotatable bonds is 9. The van der Waals surface area contributed by atoms with Gasteiger partial charge in [0.25, 0.3) is 5.91 Å². The van der Waals surface area contributed by atoms with E-state index in [2.05, 4.69) is 16.5 Å². The summed E-state index contributed by atoms with van der Waals surface area (Å²) in [5.41, 5.74) is 3.60. The molecule has 0 fully saturated rings. The first-order valence-electron chi connectivity index (χ1n) is 9.44. The number of benzene rings is 1. The maximum Gasteiger partial charge on any atom is 0.259 e. The second-order valence-electron chi connectivity index (χ2n) is 6.93. The van der Waals surface area contributed by atoms with Crippen LogP contribution in [0.1, 0.15) is 29.8 Å². The molecule has 0 radical (unpaired) electrons. The van der Waals surface area contributed by atoms with E-state index in [1.54, 1.807) is 38.4 Å². The molecule has 0 aliphatic heterocycles. The SMILES string of the molecule is Cc1nn(CCC#N)c(C)c1CCC(=O)Nc1ccc(OCC(=O)N(C)C)cc1. The van der Waals surface area contributed by atoms with E-state index in [4.69, 9.17) is 10.00 Å². The van der Waals surface area contributed by atoms with Gasteiger partial charge in [-0.05, 0) is 50.1 Å². The van der Waals surface area contributed by atoms with Gasteiger partial charge < -0.3 is 15.0 Å². The number of aryl methyl sites for hydroxylation is 2. The molecule has 0 unspecified atom stereocenters. The molecule has 29 heavy (non-hydrogen) atoms. The number of aromatic nitrogens is 2. The van der Waals surface area contributed by atoms with Crippen LogP contribution in [0.25, 0.3) is 0 Å². The standard InChI is InChI=1S/C21H27N5O3/c1-15-19(16(2)26(24-15)13-5-12-22)10-11-20(27)23-17-6-8-18(9-7-17)29-14-21(28)25(3)4/h6-9H,5,10-11,13-14H2,1-4H3,(H,23,27). The fourth-order valence-electron chi connectivity index (χ4n) is 2.84. The van der Waals surface area contributed by atoms with Crippen LogP contribution in [-0.2, 0) is 22.6 Å². The maximum absolute atomic E-state index is 12.3. The Morgan fingerprint density at radius 2 is 1.93 bits per heavy atom. The number of nitrogens with one attached hydrogen (secondary N) is 1. The Bertz CT molecular complexity index is 894. The summed E-state index contributed by atoms with van der Waals surface area (Å²) in [5, 5.41) is 16.1. The summed E-state index contributed by atoms with van der Waals surface area (Å²) in [5.74, 6) is 0.350. The second-order valence-corrected chi connectivity index (χ2v) is 6.93. The molecule has 0 aliphatic rings. The van der Waals surface area contributed by atoms with Gasteiger partial charge in [-0.3, -0.25) is 14.3 Å². The molecule has 2 rings (SSSR count). The fraction of sp³-hybridized carbons (Fsp3) is 0.429. The van der Waals surface area contributed by atoms with E-state index in [1.165, 1.54) is 4.90 Å². The van der Waals surface area contributed by atoms with Crippen molar-refractivity contribution in [3.8, 4) is 11.8 Å². The quantitative estimate of drug-likeness (QED) is 0.700. The Labute approximate surface area is 171 Å². The van der Waals surface area contributed by atoms with Crippen molar-refractivity contribution >= 4 is 17.5 Å². The van der Waals surface area contributed by atoms with Crippen molar-refractivity contribution in [3.63, 3.8) is 0 Å². The molecule has 2 amide bonds. The van der Waals surface area contributed by atoms with Crippen LogP contribution in [0.5, 0.6) is 5.75 Å². The number of ether oxygens (including phenoxy) is 1. The predicted octanol–water partition coefficient (Wildman–Crippen LogP) is 2.45. The van der Waals surface area contributed by atoms with Gasteiger partial charge in [0, 0.05) is 31.9 Å². The first-order chi connectivity index (χ1) is 13.8. The molecule has 0 saturated carbocycles. The molecule has 8 nitrogen and oxygen atoms in total. The monoisotopic (exact) mass is 397 g/mol. The highest BCUT2D eigenvalue weighted by molar-refractivity contribution is 5.90. The summed E-state index contributed by atoms with van der Waals surface area (Å²) in [7, 11) is 3.34. The Kier molecular flexibility index (Phi) is 7.78. The summed E-state index contributed by atoms with van der Waals surface area (Å²) in [4.78, 5) is 25.3. The number of hydrogen-bond donors (Lipinski definition) is 1. The van der Waals surface area contributed by atoms with Crippen molar-refractivity contribution in [2.75, 3.05) is 26.0 Å². The molecule has 0 saturated heterocycles. The lowest BCUT2D eigenvalue weighted by Gasteiger charge is -2.12. The molecule has 2 aromatic rings. The Hall–Kier alpha value is -3.34. The van der Waals surface area contributed by atoms with Gasteiger partial charge in [0.05, 0.1) is 24.7 Å². The normalized spacial score (nSPS) is 10.3. The molecular formula is C21H27N5O3. The Morgan fingerprint density at radius 1 is 1.24 bits per heavy atom. The second kappa shape index (κ2) is 10.3. The minimum absolute atomic E-state index is 0.0283. The average molecular weight is 397 g/mol. The summed E-state index contributed by atoms with van der Waals surface area (Å²) in [6, 6.07) is 9.03. The van der Waals surface area contributed by atoms with Crippen LogP contribution in [0.4, 0.5) is 5.69 Å². The third kappa shape index (κ3) is 6.35. The number of amides is 2. The zero-order valence-electron chi connectivity index (χ0n) is 17.4. The van der Waals surface area contributed by atoms with Gasteiger partial charge in [0.15, 0.2) is 6.61 Å². The van der Waals surface area contributed by atoms with Crippen molar-refractivity contribution in [1.29, 1.82) is 5.26 Å². The summed E-state index contributed by atoms with van der Waals surface area (Å²) in [6.07, 6.45) is 1.33. The van der Waals surface area contributed by atoms with E-state index >= 15 is 0 Å². The number of anilines is 1. The van der Waals surface area contributed by atoms with Crippen LogP contribution in [0.3, 0.4) is 0 Å². The third-order valence-electron chi connectivity index (χ3n) is 4.57. The van der Waals surface area contributed by atoms with Gasteiger partial charge >= 0.3 is 0 Å². The van der Waals surface area contributed by atoms with E-state index in [9.17, 15) is 9.59 Å². The molecule has 0 aliphatic carbocycles. The molecular weight excluding hydrogens is 370 g/mol. The van der Waals surface area contributed by atoms with Gasteiger partial charge in [-0.2, -0.15) is 10.4 Å². The van der Waals surface area contributed by atoms with E-state index in [0.717, 1.165) is 17.0 Å². The highest BCUT2D eigenvalue weighted by atomic mass is 16.5. The molecule has 1 aromatic carbocycles. The highest BCUT2D eigenvalue weighted by Gasteiger charge is 2.13. The molecule has 0 atom stereocenters. The van der Waals surface area contributed by atoms with E-state index in [-0.39, 0.29) is 18.4 Å². The number of carbonyl (C=O) groups excluding carboxylic acids is 2. The maximum atomic E-state index is 12.3. The van der Waals surface area contributed by atoms with E-state index < -0.39 is 0 Å². The predicted molar refractivity (Wildman–Crippen MR) is 110 cm³/mol. The zero-order chi connectivity index (χ0) is 21.4. The summed E-state index contributed by atoms with van der Waals surface area (Å²) < 4.78 is 7.24. The topological polar surface area (TPSA) is 100 Å². The van der Waals surface area contributed by atoms with Crippen LogP contribution in [0.15, 0.2) is 24.3 Å². The van der Waals surface area contributed by atoms with Gasteiger partial charge in [-0.1, -0.05) is 0 Å². The number of likely N-dealkylation sites (N-methyl/N-ethyl adjacent to an activating group) is 1. The van der Waals surface area contributed by atoms with Gasteiger partial charge in [-0.25, -0.2) is 0 Å². The molecule has 0 spiro atoms. The molecule has 1 aromatic heterocycles. The van der Waals surface area contributed by atoms with Crippen molar-refractivity contribution in [1.82, 2.24) is 14.7 Å². The minimum atomic E-state index is -0.121. The molecule has 154 valence electrons. The van der Waals surface area contributed by atoms with Crippen molar-refractivity contribution < 1.29 is 14.3 Å². The van der Waals surface area contributed by atoms with Crippen LogP contribution in [0.2, 0.25) is 0 Å². The largest absolute Gasteiger partial charge is 0.484 e. The summed E-state index contributed by atoms with van der Waals surface area (Å²) in [6.45, 7) is 4.41. The molecule has 0 bridgehead atoms.